The van der Waals surface area contributed by atoms with Crippen LogP contribution >= 0.6 is 11.3 Å². The molecule has 0 spiro atoms. The molecule has 0 amide bonds. The Labute approximate surface area is 234 Å². The van der Waals surface area contributed by atoms with Gasteiger partial charge in [0.15, 0.2) is 0 Å². The fourth-order valence-corrected chi connectivity index (χ4v) is 7.42. The zero-order valence-corrected chi connectivity index (χ0v) is 22.9. The van der Waals surface area contributed by atoms with E-state index in [0.717, 1.165) is 5.69 Å². The molecule has 10 heteroatoms. The molecular formula is C30H22FN3O4S2. The topological polar surface area (TPSA) is 92.4 Å². The van der Waals surface area contributed by atoms with E-state index < -0.39 is 15.8 Å². The average molecular weight is 572 g/mol. The fraction of sp³-hybridized carbons (Fsp3) is 0.133. The van der Waals surface area contributed by atoms with Gasteiger partial charge in [-0.05, 0) is 53.9 Å². The third-order valence-corrected chi connectivity index (χ3v) is 9.65. The standard InChI is InChI=1S/C30H22FN3O4S2/c1-38-30(35)20-17-33(18-20)22-7-5-6-19(14-22)29-28(24-12-13-39-27(24)16-32)25-15-21(31)10-11-26(25)34(29)40(36,37)23-8-3-2-4-9-23/h2-15,20H,17-18H2,1H3. The van der Waals surface area contributed by atoms with Gasteiger partial charge in [0.1, 0.15) is 16.8 Å². The number of esters is 1. The molecular weight excluding hydrogens is 549 g/mol. The fourth-order valence-electron chi connectivity index (χ4n) is 5.16. The number of nitriles is 1. The van der Waals surface area contributed by atoms with Crippen LogP contribution in [0.5, 0.6) is 0 Å². The maximum atomic E-state index is 14.7. The minimum atomic E-state index is -4.16. The van der Waals surface area contributed by atoms with Crippen molar-refractivity contribution in [2.75, 3.05) is 25.1 Å². The number of anilines is 1. The van der Waals surface area contributed by atoms with Gasteiger partial charge >= 0.3 is 5.97 Å². The van der Waals surface area contributed by atoms with E-state index in [1.54, 1.807) is 35.7 Å². The van der Waals surface area contributed by atoms with Gasteiger partial charge in [0.25, 0.3) is 10.0 Å². The summed E-state index contributed by atoms with van der Waals surface area (Å²) in [6.45, 7) is 0.950. The molecule has 5 aromatic rings. The highest BCUT2D eigenvalue weighted by Crippen LogP contribution is 2.46. The summed E-state index contributed by atoms with van der Waals surface area (Å²) in [6, 6.07) is 23.4. The van der Waals surface area contributed by atoms with Gasteiger partial charge in [-0.25, -0.2) is 16.8 Å². The number of aromatic nitrogens is 1. The quantitative estimate of drug-likeness (QED) is 0.236. The van der Waals surface area contributed by atoms with Gasteiger partial charge < -0.3 is 9.64 Å². The molecule has 0 N–H and O–H groups in total. The third kappa shape index (κ3) is 4.15. The number of carbonyl (C=O) groups excluding carboxylic acids is 1. The van der Waals surface area contributed by atoms with Gasteiger partial charge in [-0.3, -0.25) is 4.79 Å². The van der Waals surface area contributed by atoms with E-state index in [1.807, 2.05) is 23.1 Å². The lowest BCUT2D eigenvalue weighted by molar-refractivity contribution is -0.146. The van der Waals surface area contributed by atoms with Crippen LogP contribution in [0.3, 0.4) is 0 Å². The number of hydrogen-bond acceptors (Lipinski definition) is 7. The predicted molar refractivity (Wildman–Crippen MR) is 152 cm³/mol. The van der Waals surface area contributed by atoms with E-state index in [2.05, 4.69) is 6.07 Å². The van der Waals surface area contributed by atoms with Gasteiger partial charge in [-0.1, -0.05) is 30.3 Å². The summed E-state index contributed by atoms with van der Waals surface area (Å²) in [4.78, 5) is 14.4. The number of rotatable bonds is 6. The van der Waals surface area contributed by atoms with Crippen molar-refractivity contribution < 1.29 is 22.3 Å². The first-order valence-corrected chi connectivity index (χ1v) is 14.7. The average Bonchev–Trinajstić information content (AvgIpc) is 3.54. The Hall–Kier alpha value is -4.46. The van der Waals surface area contributed by atoms with Gasteiger partial charge in [0, 0.05) is 40.9 Å². The Morgan fingerprint density at radius 2 is 1.82 bits per heavy atom. The molecule has 7 nitrogen and oxygen atoms in total. The number of nitrogens with zero attached hydrogens (tertiary/aromatic N) is 3. The number of methoxy groups -OCH3 is 1. The predicted octanol–water partition coefficient (Wildman–Crippen LogP) is 5.89. The molecule has 200 valence electrons. The van der Waals surface area contributed by atoms with Crippen LogP contribution in [0, 0.1) is 23.1 Å². The monoisotopic (exact) mass is 571 g/mol. The second-order valence-electron chi connectivity index (χ2n) is 9.42. The smallest absolute Gasteiger partial charge is 0.312 e. The summed E-state index contributed by atoms with van der Waals surface area (Å²) in [6.07, 6.45) is 0. The van der Waals surface area contributed by atoms with Gasteiger partial charge in [-0.15, -0.1) is 11.3 Å². The number of carbonyl (C=O) groups is 1. The maximum Gasteiger partial charge on any atom is 0.312 e. The first-order chi connectivity index (χ1) is 19.3. The lowest BCUT2D eigenvalue weighted by Crippen LogP contribution is -2.50. The zero-order valence-electron chi connectivity index (χ0n) is 21.2. The van der Waals surface area contributed by atoms with Crippen molar-refractivity contribution in [2.45, 2.75) is 4.90 Å². The van der Waals surface area contributed by atoms with Crippen molar-refractivity contribution in [3.63, 3.8) is 0 Å². The molecule has 0 bridgehead atoms. The molecule has 3 heterocycles. The molecule has 40 heavy (non-hydrogen) atoms. The van der Waals surface area contributed by atoms with Crippen molar-refractivity contribution in [1.29, 1.82) is 5.26 Å². The van der Waals surface area contributed by atoms with Crippen LogP contribution in [0.2, 0.25) is 0 Å². The molecule has 1 saturated heterocycles. The molecule has 1 aliphatic heterocycles. The van der Waals surface area contributed by atoms with Crippen molar-refractivity contribution in [3.8, 4) is 28.5 Å². The Morgan fingerprint density at radius 3 is 2.55 bits per heavy atom. The molecule has 0 atom stereocenters. The lowest BCUT2D eigenvalue weighted by Gasteiger charge is -2.39. The minimum Gasteiger partial charge on any atom is -0.469 e. The summed E-state index contributed by atoms with van der Waals surface area (Å²) < 4.78 is 49.3. The number of ether oxygens (including phenoxy) is 1. The number of thiophene rings is 1. The molecule has 3 aromatic carbocycles. The van der Waals surface area contributed by atoms with E-state index in [1.165, 1.54) is 52.8 Å². The molecule has 0 unspecified atom stereocenters. The van der Waals surface area contributed by atoms with Crippen molar-refractivity contribution >= 4 is 43.9 Å². The number of benzene rings is 3. The first kappa shape index (κ1) is 25.8. The lowest BCUT2D eigenvalue weighted by atomic mass is 9.96. The first-order valence-electron chi connectivity index (χ1n) is 12.4. The summed E-state index contributed by atoms with van der Waals surface area (Å²) in [5, 5.41) is 12.0. The van der Waals surface area contributed by atoms with Gasteiger partial charge in [0.05, 0.1) is 29.1 Å². The molecule has 0 radical (unpaired) electrons. The highest BCUT2D eigenvalue weighted by molar-refractivity contribution is 7.90. The van der Waals surface area contributed by atoms with Crippen LogP contribution in [0.25, 0.3) is 33.3 Å². The molecule has 1 fully saturated rings. The third-order valence-electron chi connectivity index (χ3n) is 7.10. The molecule has 0 aliphatic carbocycles. The van der Waals surface area contributed by atoms with Crippen LogP contribution in [0.15, 0.2) is 89.1 Å². The maximum absolute atomic E-state index is 14.7. The van der Waals surface area contributed by atoms with Crippen LogP contribution in [-0.2, 0) is 19.6 Å². The van der Waals surface area contributed by atoms with Crippen LogP contribution < -0.4 is 4.90 Å². The summed E-state index contributed by atoms with van der Waals surface area (Å²) in [5.74, 6) is -1.03. The second-order valence-corrected chi connectivity index (χ2v) is 12.1. The Balaban J connectivity index is 1.65. The van der Waals surface area contributed by atoms with Crippen LogP contribution in [0.4, 0.5) is 10.1 Å². The zero-order chi connectivity index (χ0) is 28.0. The number of hydrogen-bond donors (Lipinski definition) is 0. The Bertz CT molecular complexity index is 1920. The molecule has 2 aromatic heterocycles. The van der Waals surface area contributed by atoms with Crippen molar-refractivity contribution in [2.24, 2.45) is 5.92 Å². The van der Waals surface area contributed by atoms with E-state index >= 15 is 0 Å². The minimum absolute atomic E-state index is 0.0784. The summed E-state index contributed by atoms with van der Waals surface area (Å²) in [5.41, 5.74) is 2.98. The summed E-state index contributed by atoms with van der Waals surface area (Å²) >= 11 is 1.23. The van der Waals surface area contributed by atoms with Crippen molar-refractivity contribution in [3.05, 3.63) is 94.9 Å². The highest BCUT2D eigenvalue weighted by Gasteiger charge is 2.34. The Kier molecular flexibility index (Phi) is 6.41. The van der Waals surface area contributed by atoms with E-state index in [9.17, 15) is 22.9 Å². The van der Waals surface area contributed by atoms with E-state index in [4.69, 9.17) is 4.74 Å². The normalized spacial score (nSPS) is 13.7. The SMILES string of the molecule is COC(=O)C1CN(c2cccc(-c3c(-c4ccsc4C#N)c4cc(F)ccc4n3S(=O)(=O)c3ccccc3)c2)C1. The van der Waals surface area contributed by atoms with E-state index in [0.29, 0.717) is 51.3 Å². The van der Waals surface area contributed by atoms with Gasteiger partial charge in [-0.2, -0.15) is 5.26 Å². The van der Waals surface area contributed by atoms with Crippen LogP contribution in [0.1, 0.15) is 4.88 Å². The molecule has 1 aliphatic rings. The largest absolute Gasteiger partial charge is 0.469 e. The number of halogens is 1. The van der Waals surface area contributed by atoms with E-state index in [-0.39, 0.29) is 16.8 Å². The van der Waals surface area contributed by atoms with Gasteiger partial charge in [0.2, 0.25) is 0 Å². The second kappa shape index (κ2) is 9.93. The van der Waals surface area contributed by atoms with Crippen molar-refractivity contribution in [1.82, 2.24) is 3.97 Å². The van der Waals surface area contributed by atoms with Crippen LogP contribution in [-0.4, -0.2) is 38.6 Å². The highest BCUT2D eigenvalue weighted by atomic mass is 32.2. The number of fused-ring (bicyclic) bond motifs is 1. The Morgan fingerprint density at radius 1 is 1.05 bits per heavy atom. The summed E-state index contributed by atoms with van der Waals surface area (Å²) in [7, 11) is -2.79. The molecule has 6 rings (SSSR count). The molecule has 0 saturated carbocycles.